The smallest absolute Gasteiger partial charge is 0.312 e. The molecule has 1 aliphatic carbocycles. The van der Waals surface area contributed by atoms with E-state index in [1.807, 2.05) is 68.0 Å². The van der Waals surface area contributed by atoms with Gasteiger partial charge in [-0.25, -0.2) is 4.98 Å². The van der Waals surface area contributed by atoms with Crippen LogP contribution in [-0.4, -0.2) is 81.6 Å². The maximum absolute atomic E-state index is 13.0. The fourth-order valence-electron chi connectivity index (χ4n) is 6.38. The number of hydrogen-bond donors (Lipinski definition) is 0. The van der Waals surface area contributed by atoms with Crippen LogP contribution in [-0.2, 0) is 23.7 Å². The molecule has 12 heteroatoms. The van der Waals surface area contributed by atoms with Crippen LogP contribution in [0.4, 0.5) is 5.82 Å². The van der Waals surface area contributed by atoms with E-state index in [0.29, 0.717) is 64.8 Å². The number of ether oxygens (including phenoxy) is 4. The van der Waals surface area contributed by atoms with Gasteiger partial charge in [-0.1, -0.05) is 81.8 Å². The van der Waals surface area contributed by atoms with Crippen LogP contribution < -0.4 is 4.90 Å². The molecule has 296 valence electrons. The summed E-state index contributed by atoms with van der Waals surface area (Å²) in [5.41, 5.74) is 6.55. The lowest BCUT2D eigenvalue weighted by molar-refractivity contribution is -0.154. The van der Waals surface area contributed by atoms with Crippen molar-refractivity contribution in [2.24, 2.45) is 5.41 Å². The van der Waals surface area contributed by atoms with E-state index >= 15 is 0 Å². The van der Waals surface area contributed by atoms with Crippen LogP contribution in [0.15, 0.2) is 67.2 Å². The van der Waals surface area contributed by atoms with Crippen molar-refractivity contribution in [3.63, 3.8) is 0 Å². The van der Waals surface area contributed by atoms with Crippen molar-refractivity contribution in [1.29, 1.82) is 0 Å². The maximum atomic E-state index is 13.0. The number of benzene rings is 1. The van der Waals surface area contributed by atoms with Crippen molar-refractivity contribution < 1.29 is 23.7 Å². The third-order valence-electron chi connectivity index (χ3n) is 9.90. The third kappa shape index (κ3) is 11.2. The summed E-state index contributed by atoms with van der Waals surface area (Å²) in [6.07, 6.45) is 11.5. The Labute approximate surface area is 330 Å². The number of hydrogen-bond acceptors (Lipinski definition) is 9. The zero-order valence-corrected chi connectivity index (χ0v) is 36.5. The van der Waals surface area contributed by atoms with Crippen molar-refractivity contribution >= 4 is 45.2 Å². The Morgan fingerprint density at radius 3 is 2.16 bits per heavy atom. The molecule has 0 N–H and O–H groups in total. The summed E-state index contributed by atoms with van der Waals surface area (Å²) < 4.78 is 26.1. The molecule has 10 nitrogen and oxygen atoms in total. The molecule has 1 atom stereocenters. The standard InChI is InChI=1S/C43H61N5O5Si2/c1-10-50-24-21-36-39(34-19-22-43(3,23-20-34)42(49)53-11-2)46-40-37(35-17-18-38(44-29-35)33-15-13-12-14-16-33)30-45-48(40)41(36)47(31-51-25-27-54(4,5)6)32-52-26-28-55(7,8)9/h12-19,21,24,29-30H,10-11,20,22-23,25-28,31-32H2,1-9H3. The van der Waals surface area contributed by atoms with Gasteiger partial charge in [-0.05, 0) is 69.8 Å². The number of esters is 1. The molecule has 1 aliphatic rings. The highest BCUT2D eigenvalue weighted by Crippen LogP contribution is 2.42. The summed E-state index contributed by atoms with van der Waals surface area (Å²) in [6.45, 7) is 22.8. The molecule has 0 bridgehead atoms. The molecule has 3 heterocycles. The Bertz CT molecular complexity index is 1910. The van der Waals surface area contributed by atoms with Crippen LogP contribution in [0.25, 0.3) is 39.7 Å². The summed E-state index contributed by atoms with van der Waals surface area (Å²) in [4.78, 5) is 25.4. The Morgan fingerprint density at radius 1 is 0.909 bits per heavy atom. The number of pyridine rings is 1. The van der Waals surface area contributed by atoms with Gasteiger partial charge in [0.25, 0.3) is 0 Å². The summed E-state index contributed by atoms with van der Waals surface area (Å²) in [5, 5.41) is 5.01. The molecule has 55 heavy (non-hydrogen) atoms. The highest BCUT2D eigenvalue weighted by Gasteiger charge is 2.37. The van der Waals surface area contributed by atoms with Gasteiger partial charge in [0, 0.05) is 57.8 Å². The first-order valence-electron chi connectivity index (χ1n) is 19.7. The van der Waals surface area contributed by atoms with Crippen LogP contribution >= 0.6 is 0 Å². The van der Waals surface area contributed by atoms with E-state index < -0.39 is 21.6 Å². The zero-order chi connectivity index (χ0) is 39.6. The molecule has 0 spiro atoms. The fourth-order valence-corrected chi connectivity index (χ4v) is 7.89. The molecule has 5 rings (SSSR count). The largest absolute Gasteiger partial charge is 0.501 e. The fraction of sp³-hybridized carbons (Fsp3) is 0.488. The van der Waals surface area contributed by atoms with Crippen molar-refractivity contribution in [3.8, 4) is 22.4 Å². The van der Waals surface area contributed by atoms with Crippen molar-refractivity contribution in [2.75, 3.05) is 44.8 Å². The minimum Gasteiger partial charge on any atom is -0.501 e. The maximum Gasteiger partial charge on any atom is 0.312 e. The predicted molar refractivity (Wildman–Crippen MR) is 229 cm³/mol. The number of carbonyl (C=O) groups excluding carboxylic acids is 1. The van der Waals surface area contributed by atoms with Gasteiger partial charge in [0.05, 0.1) is 42.5 Å². The number of anilines is 1. The van der Waals surface area contributed by atoms with Crippen LogP contribution in [0.3, 0.4) is 0 Å². The average Bonchev–Trinajstić information content (AvgIpc) is 3.58. The molecular formula is C43H61N5O5Si2. The SMILES string of the molecule is CCOC=Cc1c(C2=CCC(C)(C(=O)OCC)CC2)nc2c(-c3ccc(-c4ccccc4)nc3)cnn2c1N(COCC[Si](C)(C)C)COCC[Si](C)(C)C. The van der Waals surface area contributed by atoms with Gasteiger partial charge >= 0.3 is 5.97 Å². The summed E-state index contributed by atoms with van der Waals surface area (Å²) in [7, 11) is -2.65. The molecule has 4 aromatic rings. The molecule has 1 unspecified atom stereocenters. The first kappa shape index (κ1) is 42.0. The first-order valence-corrected chi connectivity index (χ1v) is 27.1. The molecule has 0 radical (unpaired) electrons. The molecule has 0 aliphatic heterocycles. The lowest BCUT2D eigenvalue weighted by Gasteiger charge is -2.32. The van der Waals surface area contributed by atoms with E-state index in [1.54, 1.807) is 6.26 Å². The van der Waals surface area contributed by atoms with E-state index in [2.05, 4.69) is 68.5 Å². The Balaban J connectivity index is 1.68. The summed E-state index contributed by atoms with van der Waals surface area (Å²) >= 11 is 0. The predicted octanol–water partition coefficient (Wildman–Crippen LogP) is 10.0. The molecule has 1 aromatic carbocycles. The lowest BCUT2D eigenvalue weighted by Crippen LogP contribution is -2.34. The quantitative estimate of drug-likeness (QED) is 0.0303. The topological polar surface area (TPSA) is 100 Å². The molecule has 0 saturated carbocycles. The Morgan fingerprint density at radius 2 is 1.60 bits per heavy atom. The van der Waals surface area contributed by atoms with E-state index in [4.69, 9.17) is 34.0 Å². The molecule has 0 fully saturated rings. The van der Waals surface area contributed by atoms with Gasteiger partial charge in [0.2, 0.25) is 0 Å². The van der Waals surface area contributed by atoms with E-state index in [0.717, 1.165) is 57.1 Å². The van der Waals surface area contributed by atoms with Crippen LogP contribution in [0, 0.1) is 5.41 Å². The molecular weight excluding hydrogens is 723 g/mol. The van der Waals surface area contributed by atoms with Gasteiger partial charge in [0.1, 0.15) is 19.3 Å². The average molecular weight is 784 g/mol. The van der Waals surface area contributed by atoms with Gasteiger partial charge in [0.15, 0.2) is 5.65 Å². The van der Waals surface area contributed by atoms with E-state index in [9.17, 15) is 4.79 Å². The van der Waals surface area contributed by atoms with Gasteiger partial charge < -0.3 is 23.8 Å². The van der Waals surface area contributed by atoms with Gasteiger partial charge in [-0.2, -0.15) is 9.61 Å². The monoisotopic (exact) mass is 783 g/mol. The third-order valence-corrected chi connectivity index (χ3v) is 13.3. The molecule has 3 aromatic heterocycles. The van der Waals surface area contributed by atoms with E-state index in [-0.39, 0.29) is 5.97 Å². The Kier molecular flexibility index (Phi) is 14.3. The lowest BCUT2D eigenvalue weighted by atomic mass is 9.75. The Hall–Kier alpha value is -4.11. The number of carbonyl (C=O) groups is 1. The first-order chi connectivity index (χ1) is 26.2. The number of rotatable bonds is 19. The number of nitrogens with zero attached hydrogens (tertiary/aromatic N) is 5. The number of aromatic nitrogens is 4. The van der Waals surface area contributed by atoms with Crippen LogP contribution in [0.5, 0.6) is 0 Å². The molecule has 0 saturated heterocycles. The highest BCUT2D eigenvalue weighted by molar-refractivity contribution is 6.76. The summed E-state index contributed by atoms with van der Waals surface area (Å²) in [5.74, 6) is 0.643. The van der Waals surface area contributed by atoms with E-state index in [1.165, 1.54) is 0 Å². The number of fused-ring (bicyclic) bond motifs is 1. The minimum atomic E-state index is -1.33. The second-order valence-electron chi connectivity index (χ2n) is 17.0. The second kappa shape index (κ2) is 18.7. The normalized spacial score (nSPS) is 16.4. The van der Waals surface area contributed by atoms with Crippen LogP contribution in [0.2, 0.25) is 51.4 Å². The minimum absolute atomic E-state index is 0.160. The second-order valence-corrected chi connectivity index (χ2v) is 28.2. The van der Waals surface area contributed by atoms with Gasteiger partial charge in [-0.15, -0.1) is 0 Å². The molecule has 0 amide bonds. The number of allylic oxidation sites excluding steroid dienone is 2. The van der Waals surface area contributed by atoms with Gasteiger partial charge in [-0.3, -0.25) is 9.78 Å². The van der Waals surface area contributed by atoms with Crippen molar-refractivity contribution in [2.45, 2.75) is 91.4 Å². The highest BCUT2D eigenvalue weighted by atomic mass is 28.3. The van der Waals surface area contributed by atoms with Crippen molar-refractivity contribution in [1.82, 2.24) is 19.6 Å². The summed E-state index contributed by atoms with van der Waals surface area (Å²) in [6, 6.07) is 16.4. The van der Waals surface area contributed by atoms with Crippen molar-refractivity contribution in [3.05, 3.63) is 78.5 Å². The zero-order valence-electron chi connectivity index (χ0n) is 34.5. The van der Waals surface area contributed by atoms with Crippen LogP contribution in [0.1, 0.15) is 51.3 Å².